The Morgan fingerprint density at radius 2 is 2.10 bits per heavy atom. The maximum Gasteiger partial charge on any atom is 0.120 e. The molecule has 1 aromatic heterocycles. The number of nitriles is 1. The van der Waals surface area contributed by atoms with Crippen molar-refractivity contribution >= 4 is 0 Å². The van der Waals surface area contributed by atoms with E-state index in [0.717, 1.165) is 12.2 Å². The van der Waals surface area contributed by atoms with Crippen LogP contribution in [0.2, 0.25) is 0 Å². The Morgan fingerprint density at radius 1 is 1.40 bits per heavy atom. The zero-order valence-electron chi connectivity index (χ0n) is 12.9. The van der Waals surface area contributed by atoms with E-state index in [0.29, 0.717) is 6.04 Å². The molecule has 0 atom stereocenters. The first kappa shape index (κ1) is 15.1. The summed E-state index contributed by atoms with van der Waals surface area (Å²) in [6.07, 6.45) is 3.71. The van der Waals surface area contributed by atoms with Gasteiger partial charge in [-0.25, -0.2) is 0 Å². The number of nitrogens with zero attached hydrogens (tertiary/aromatic N) is 3. The molecule has 0 bridgehead atoms. The van der Waals surface area contributed by atoms with Gasteiger partial charge in [-0.05, 0) is 57.5 Å². The van der Waals surface area contributed by atoms with Crippen LogP contribution in [-0.2, 0) is 13.6 Å². The fourth-order valence-electron chi connectivity index (χ4n) is 2.98. The topological polar surface area (TPSA) is 44.0 Å². The molecule has 1 saturated heterocycles. The predicted octanol–water partition coefficient (Wildman–Crippen LogP) is 2.17. The van der Waals surface area contributed by atoms with Gasteiger partial charge >= 0.3 is 0 Å². The summed E-state index contributed by atoms with van der Waals surface area (Å²) in [5.74, 6) is 0. The van der Waals surface area contributed by atoms with Crippen LogP contribution < -0.4 is 5.32 Å². The molecule has 4 nitrogen and oxygen atoms in total. The summed E-state index contributed by atoms with van der Waals surface area (Å²) in [6, 6.07) is 4.87. The predicted molar refractivity (Wildman–Crippen MR) is 81.5 cm³/mol. The highest BCUT2D eigenvalue weighted by atomic mass is 15.1. The van der Waals surface area contributed by atoms with Crippen LogP contribution in [-0.4, -0.2) is 35.1 Å². The van der Waals surface area contributed by atoms with E-state index < -0.39 is 0 Å². The number of aromatic nitrogens is 1. The van der Waals surface area contributed by atoms with E-state index in [2.05, 4.69) is 30.1 Å². The summed E-state index contributed by atoms with van der Waals surface area (Å²) < 4.78 is 1.97. The van der Waals surface area contributed by atoms with Gasteiger partial charge < -0.3 is 14.8 Å². The molecule has 4 heteroatoms. The lowest BCUT2D eigenvalue weighted by Crippen LogP contribution is -2.42. The first-order chi connectivity index (χ1) is 9.65. The molecular weight excluding hydrogens is 248 g/mol. The molecule has 110 valence electrons. The second kappa shape index (κ2) is 6.92. The molecule has 1 aliphatic rings. The van der Waals surface area contributed by atoms with Crippen LogP contribution in [0.1, 0.15) is 43.1 Å². The smallest absolute Gasteiger partial charge is 0.120 e. The minimum atomic E-state index is 0.619. The van der Waals surface area contributed by atoms with Crippen molar-refractivity contribution in [2.45, 2.75) is 45.7 Å². The average molecular weight is 274 g/mol. The summed E-state index contributed by atoms with van der Waals surface area (Å²) in [5.41, 5.74) is 3.19. The zero-order valence-corrected chi connectivity index (χ0v) is 12.9. The summed E-state index contributed by atoms with van der Waals surface area (Å²) in [5, 5.41) is 12.7. The third-order valence-electron chi connectivity index (χ3n) is 4.46. The second-order valence-corrected chi connectivity index (χ2v) is 5.81. The Bertz CT molecular complexity index is 475. The highest BCUT2D eigenvalue weighted by Gasteiger charge is 2.18. The van der Waals surface area contributed by atoms with Gasteiger partial charge in [0.1, 0.15) is 11.8 Å². The second-order valence-electron chi connectivity index (χ2n) is 5.81. The van der Waals surface area contributed by atoms with E-state index >= 15 is 0 Å². The molecule has 1 fully saturated rings. The van der Waals surface area contributed by atoms with E-state index in [1.54, 1.807) is 0 Å². The number of hydrogen-bond donors (Lipinski definition) is 1. The first-order valence-corrected chi connectivity index (χ1v) is 7.66. The van der Waals surface area contributed by atoms with Crippen molar-refractivity contribution in [1.29, 1.82) is 5.26 Å². The van der Waals surface area contributed by atoms with Crippen LogP contribution in [0.3, 0.4) is 0 Å². The van der Waals surface area contributed by atoms with Crippen molar-refractivity contribution in [3.05, 3.63) is 23.0 Å². The van der Waals surface area contributed by atoms with Gasteiger partial charge in [0, 0.05) is 25.3 Å². The summed E-state index contributed by atoms with van der Waals surface area (Å²) >= 11 is 0. The Kier molecular flexibility index (Phi) is 5.22. The van der Waals surface area contributed by atoms with Gasteiger partial charge in [-0.15, -0.1) is 0 Å². The molecule has 2 rings (SSSR count). The molecule has 0 amide bonds. The molecule has 0 unspecified atom stereocenters. The van der Waals surface area contributed by atoms with E-state index in [-0.39, 0.29) is 0 Å². The molecule has 1 aromatic rings. The molecule has 0 aliphatic carbocycles. The number of nitrogens with one attached hydrogen (secondary N) is 1. The Hall–Kier alpha value is -1.31. The van der Waals surface area contributed by atoms with Crippen molar-refractivity contribution in [2.75, 3.05) is 19.6 Å². The third-order valence-corrected chi connectivity index (χ3v) is 4.46. The van der Waals surface area contributed by atoms with Crippen LogP contribution in [0, 0.1) is 18.3 Å². The van der Waals surface area contributed by atoms with Gasteiger partial charge in [0.05, 0.1) is 0 Å². The van der Waals surface area contributed by atoms with Crippen molar-refractivity contribution in [3.63, 3.8) is 0 Å². The fraction of sp³-hybridized carbons (Fsp3) is 0.688. The molecular formula is C16H26N4. The van der Waals surface area contributed by atoms with E-state index in [4.69, 9.17) is 5.26 Å². The van der Waals surface area contributed by atoms with E-state index in [1.807, 2.05) is 17.7 Å². The molecule has 1 N–H and O–H groups in total. The highest BCUT2D eigenvalue weighted by Crippen LogP contribution is 2.15. The molecule has 20 heavy (non-hydrogen) atoms. The largest absolute Gasteiger partial charge is 0.340 e. The van der Waals surface area contributed by atoms with E-state index in [9.17, 15) is 0 Å². The molecule has 0 saturated carbocycles. The van der Waals surface area contributed by atoms with E-state index in [1.165, 1.54) is 50.2 Å². The SMILES string of the molecule is CCCN1CCC(NCc2cc(C#N)n(C)c2C)CC1. The van der Waals surface area contributed by atoms with Crippen LogP contribution in [0.4, 0.5) is 0 Å². The van der Waals surface area contributed by atoms with Gasteiger partial charge in [-0.2, -0.15) is 5.26 Å². The monoisotopic (exact) mass is 274 g/mol. The van der Waals surface area contributed by atoms with Crippen molar-refractivity contribution in [2.24, 2.45) is 7.05 Å². The maximum atomic E-state index is 9.06. The number of piperidine rings is 1. The van der Waals surface area contributed by atoms with Crippen molar-refractivity contribution in [3.8, 4) is 6.07 Å². The normalized spacial score (nSPS) is 17.3. The molecule has 0 radical (unpaired) electrons. The standard InChI is InChI=1S/C16H26N4/c1-4-7-20-8-5-15(6-9-20)18-12-14-10-16(11-17)19(3)13(14)2/h10,15,18H,4-9,12H2,1-3H3. The Balaban J connectivity index is 1.83. The summed E-state index contributed by atoms with van der Waals surface area (Å²) in [7, 11) is 1.96. The van der Waals surface area contributed by atoms with Gasteiger partial charge in [0.2, 0.25) is 0 Å². The van der Waals surface area contributed by atoms with Crippen LogP contribution in [0.15, 0.2) is 6.07 Å². The molecule has 0 aromatic carbocycles. The third kappa shape index (κ3) is 3.41. The zero-order chi connectivity index (χ0) is 14.5. The average Bonchev–Trinajstić information content (AvgIpc) is 2.74. The van der Waals surface area contributed by atoms with Crippen molar-refractivity contribution in [1.82, 2.24) is 14.8 Å². The van der Waals surface area contributed by atoms with Crippen molar-refractivity contribution < 1.29 is 0 Å². The maximum absolute atomic E-state index is 9.06. The Morgan fingerprint density at radius 3 is 2.65 bits per heavy atom. The first-order valence-electron chi connectivity index (χ1n) is 7.66. The summed E-state index contributed by atoms with van der Waals surface area (Å²) in [6.45, 7) is 8.86. The highest BCUT2D eigenvalue weighted by molar-refractivity contribution is 5.34. The lowest BCUT2D eigenvalue weighted by molar-refractivity contribution is 0.197. The van der Waals surface area contributed by atoms with Crippen LogP contribution in [0.25, 0.3) is 0 Å². The van der Waals surface area contributed by atoms with Crippen LogP contribution >= 0.6 is 0 Å². The number of likely N-dealkylation sites (tertiary alicyclic amines) is 1. The fourth-order valence-corrected chi connectivity index (χ4v) is 2.98. The van der Waals surface area contributed by atoms with Gasteiger partial charge in [0.25, 0.3) is 0 Å². The lowest BCUT2D eigenvalue weighted by Gasteiger charge is -2.32. The molecule has 2 heterocycles. The molecule has 1 aliphatic heterocycles. The lowest BCUT2D eigenvalue weighted by atomic mass is 10.0. The minimum Gasteiger partial charge on any atom is -0.340 e. The quantitative estimate of drug-likeness (QED) is 0.895. The van der Waals surface area contributed by atoms with Gasteiger partial charge in [0.15, 0.2) is 0 Å². The summed E-state index contributed by atoms with van der Waals surface area (Å²) in [4.78, 5) is 2.56. The number of rotatable bonds is 5. The minimum absolute atomic E-state index is 0.619. The van der Waals surface area contributed by atoms with Gasteiger partial charge in [-0.1, -0.05) is 6.92 Å². The Labute approximate surface area is 122 Å². The van der Waals surface area contributed by atoms with Crippen LogP contribution in [0.5, 0.6) is 0 Å². The number of hydrogen-bond acceptors (Lipinski definition) is 3. The van der Waals surface area contributed by atoms with Gasteiger partial charge in [-0.3, -0.25) is 0 Å². The molecule has 0 spiro atoms.